The van der Waals surface area contributed by atoms with E-state index < -0.39 is 27.6 Å². The molecule has 0 aliphatic rings. The van der Waals surface area contributed by atoms with Gasteiger partial charge < -0.3 is 10.4 Å². The molecule has 2 aromatic carbocycles. The van der Waals surface area contributed by atoms with Crippen LogP contribution >= 0.6 is 0 Å². The highest BCUT2D eigenvalue weighted by atomic mass is 32.2. The Balaban J connectivity index is 2.08. The Morgan fingerprint density at radius 1 is 1.04 bits per heavy atom. The van der Waals surface area contributed by atoms with Gasteiger partial charge in [0.1, 0.15) is 0 Å². The van der Waals surface area contributed by atoms with Crippen molar-refractivity contribution in [2.24, 2.45) is 0 Å². The molecule has 0 unspecified atom stereocenters. The molecule has 0 fully saturated rings. The number of sulfone groups is 1. The van der Waals surface area contributed by atoms with E-state index >= 15 is 0 Å². The number of nitrogens with one attached hydrogen (secondary N) is 1. The van der Waals surface area contributed by atoms with Crippen molar-refractivity contribution in [1.29, 1.82) is 0 Å². The largest absolute Gasteiger partial charge is 0.481 e. The Morgan fingerprint density at radius 2 is 1.62 bits per heavy atom. The van der Waals surface area contributed by atoms with Crippen LogP contribution in [0.2, 0.25) is 0 Å². The van der Waals surface area contributed by atoms with Crippen LogP contribution in [0.4, 0.5) is 5.69 Å². The fraction of sp³-hybridized carbons (Fsp3) is 0.176. The Hall–Kier alpha value is -2.67. The molecule has 7 heteroatoms. The number of amides is 1. The van der Waals surface area contributed by atoms with Crippen molar-refractivity contribution < 1.29 is 23.1 Å². The highest BCUT2D eigenvalue weighted by Crippen LogP contribution is 2.21. The van der Waals surface area contributed by atoms with E-state index in [1.165, 1.54) is 24.3 Å². The normalized spacial score (nSPS) is 12.4. The van der Waals surface area contributed by atoms with Crippen molar-refractivity contribution in [3.8, 4) is 0 Å². The van der Waals surface area contributed by atoms with E-state index in [9.17, 15) is 23.1 Å². The second kappa shape index (κ2) is 7.27. The first kappa shape index (κ1) is 17.7. The summed E-state index contributed by atoms with van der Waals surface area (Å²) in [6, 6.07) is 14.2. The maximum absolute atomic E-state index is 12.1. The monoisotopic (exact) mass is 347 g/mol. The molecule has 0 aliphatic carbocycles. The number of anilines is 1. The minimum atomic E-state index is -3.30. The molecule has 126 valence electrons. The fourth-order valence-electron chi connectivity index (χ4n) is 2.22. The Bertz CT molecular complexity index is 829. The average molecular weight is 347 g/mol. The van der Waals surface area contributed by atoms with Crippen molar-refractivity contribution >= 4 is 27.4 Å². The Kier molecular flexibility index (Phi) is 5.35. The summed E-state index contributed by atoms with van der Waals surface area (Å²) >= 11 is 0. The molecule has 0 bridgehead atoms. The minimum absolute atomic E-state index is 0.146. The first-order valence-corrected chi connectivity index (χ1v) is 9.04. The molecule has 6 nitrogen and oxygen atoms in total. The number of carboxylic acids is 1. The zero-order valence-corrected chi connectivity index (χ0v) is 13.8. The summed E-state index contributed by atoms with van der Waals surface area (Å²) in [6.45, 7) is 0. The van der Waals surface area contributed by atoms with Crippen molar-refractivity contribution in [3.05, 3.63) is 60.2 Å². The lowest BCUT2D eigenvalue weighted by Gasteiger charge is -2.13. The van der Waals surface area contributed by atoms with Gasteiger partial charge in [0.15, 0.2) is 9.84 Å². The number of carbonyl (C=O) groups is 2. The van der Waals surface area contributed by atoms with Crippen molar-refractivity contribution in [1.82, 2.24) is 0 Å². The lowest BCUT2D eigenvalue weighted by atomic mass is 9.95. The second-order valence-corrected chi connectivity index (χ2v) is 7.37. The van der Waals surface area contributed by atoms with Gasteiger partial charge in [0.05, 0.1) is 10.8 Å². The van der Waals surface area contributed by atoms with Crippen LogP contribution in [0.15, 0.2) is 59.5 Å². The zero-order chi connectivity index (χ0) is 17.7. The van der Waals surface area contributed by atoms with Gasteiger partial charge in [0.2, 0.25) is 5.91 Å². The third kappa shape index (κ3) is 4.66. The van der Waals surface area contributed by atoms with Gasteiger partial charge in [-0.15, -0.1) is 0 Å². The van der Waals surface area contributed by atoms with E-state index in [4.69, 9.17) is 0 Å². The molecule has 1 atom stereocenters. The molecule has 0 radical (unpaired) electrons. The Morgan fingerprint density at radius 3 is 2.12 bits per heavy atom. The van der Waals surface area contributed by atoms with Crippen molar-refractivity contribution in [3.63, 3.8) is 0 Å². The van der Waals surface area contributed by atoms with Crippen LogP contribution in [0.25, 0.3) is 0 Å². The number of rotatable bonds is 6. The Labute approximate surface area is 140 Å². The fourth-order valence-corrected chi connectivity index (χ4v) is 2.85. The SMILES string of the molecule is CS(=O)(=O)c1ccc(NC(=O)C[C@@H](C(=O)O)c2ccccc2)cc1. The van der Waals surface area contributed by atoms with E-state index in [0.29, 0.717) is 11.3 Å². The quantitative estimate of drug-likeness (QED) is 0.835. The molecule has 0 heterocycles. The third-order valence-corrected chi connectivity index (χ3v) is 4.58. The molecular formula is C17H17NO5S. The molecule has 0 aromatic heterocycles. The van der Waals surface area contributed by atoms with Gasteiger partial charge in [-0.3, -0.25) is 9.59 Å². The van der Waals surface area contributed by atoms with Crippen LogP contribution in [-0.2, 0) is 19.4 Å². The number of carbonyl (C=O) groups excluding carboxylic acids is 1. The predicted molar refractivity (Wildman–Crippen MR) is 89.6 cm³/mol. The van der Waals surface area contributed by atoms with Crippen LogP contribution in [0.5, 0.6) is 0 Å². The van der Waals surface area contributed by atoms with E-state index in [1.807, 2.05) is 0 Å². The molecule has 0 spiro atoms. The standard InChI is InChI=1S/C17H17NO5S/c1-24(22,23)14-9-7-13(8-10-14)18-16(19)11-15(17(20)21)12-5-3-2-4-6-12/h2-10,15H,11H2,1H3,(H,18,19)(H,20,21)/t15-/m1/s1. The van der Waals surface area contributed by atoms with Crippen LogP contribution < -0.4 is 5.32 Å². The summed E-state index contributed by atoms with van der Waals surface area (Å²) in [5, 5.41) is 11.9. The second-order valence-electron chi connectivity index (χ2n) is 5.35. The van der Waals surface area contributed by atoms with Crippen LogP contribution in [0, 0.1) is 0 Å². The third-order valence-electron chi connectivity index (χ3n) is 3.46. The average Bonchev–Trinajstić information content (AvgIpc) is 2.53. The molecule has 2 N–H and O–H groups in total. The molecule has 1 amide bonds. The van der Waals surface area contributed by atoms with Crippen LogP contribution in [-0.4, -0.2) is 31.7 Å². The van der Waals surface area contributed by atoms with Crippen LogP contribution in [0.1, 0.15) is 17.9 Å². The van der Waals surface area contributed by atoms with E-state index in [2.05, 4.69) is 5.32 Å². The number of aliphatic carboxylic acids is 1. The minimum Gasteiger partial charge on any atom is -0.481 e. The summed E-state index contributed by atoms with van der Waals surface area (Å²) in [5.41, 5.74) is 0.956. The molecule has 2 aromatic rings. The topological polar surface area (TPSA) is 101 Å². The molecule has 2 rings (SSSR count). The highest BCUT2D eigenvalue weighted by Gasteiger charge is 2.23. The molecule has 0 saturated heterocycles. The molecule has 0 aliphatic heterocycles. The molecular weight excluding hydrogens is 330 g/mol. The first-order valence-electron chi connectivity index (χ1n) is 7.15. The number of benzene rings is 2. The van der Waals surface area contributed by atoms with Gasteiger partial charge in [-0.25, -0.2) is 8.42 Å². The van der Waals surface area contributed by atoms with E-state index in [-0.39, 0.29) is 11.3 Å². The van der Waals surface area contributed by atoms with Gasteiger partial charge in [0.25, 0.3) is 0 Å². The molecule has 0 saturated carbocycles. The first-order chi connectivity index (χ1) is 11.3. The summed E-state index contributed by atoms with van der Waals surface area (Å²) in [7, 11) is -3.30. The number of hydrogen-bond donors (Lipinski definition) is 2. The van der Waals surface area contributed by atoms with Gasteiger partial charge in [-0.2, -0.15) is 0 Å². The van der Waals surface area contributed by atoms with Crippen LogP contribution in [0.3, 0.4) is 0 Å². The van der Waals surface area contributed by atoms with Crippen molar-refractivity contribution in [2.45, 2.75) is 17.2 Å². The smallest absolute Gasteiger partial charge is 0.311 e. The lowest BCUT2D eigenvalue weighted by molar-refractivity contribution is -0.140. The van der Waals surface area contributed by atoms with Gasteiger partial charge in [-0.1, -0.05) is 30.3 Å². The van der Waals surface area contributed by atoms with Gasteiger partial charge in [0, 0.05) is 18.4 Å². The maximum atomic E-state index is 12.1. The summed E-state index contributed by atoms with van der Waals surface area (Å²) in [6.07, 6.45) is 0.880. The van der Waals surface area contributed by atoms with Crippen molar-refractivity contribution in [2.75, 3.05) is 11.6 Å². The predicted octanol–water partition coefficient (Wildman–Crippen LogP) is 2.29. The summed E-state index contributed by atoms with van der Waals surface area (Å²) in [5.74, 6) is -2.48. The summed E-state index contributed by atoms with van der Waals surface area (Å²) < 4.78 is 22.8. The highest BCUT2D eigenvalue weighted by molar-refractivity contribution is 7.90. The lowest BCUT2D eigenvalue weighted by Crippen LogP contribution is -2.20. The maximum Gasteiger partial charge on any atom is 0.311 e. The zero-order valence-electron chi connectivity index (χ0n) is 13.0. The van der Waals surface area contributed by atoms with E-state index in [0.717, 1.165) is 6.26 Å². The number of hydrogen-bond acceptors (Lipinski definition) is 4. The van der Waals surface area contributed by atoms with Gasteiger partial charge in [-0.05, 0) is 29.8 Å². The van der Waals surface area contributed by atoms with Gasteiger partial charge >= 0.3 is 5.97 Å². The molecule has 24 heavy (non-hydrogen) atoms. The van der Waals surface area contributed by atoms with E-state index in [1.54, 1.807) is 30.3 Å². The number of carboxylic acid groups (broad SMARTS) is 1. The summed E-state index contributed by atoms with van der Waals surface area (Å²) in [4.78, 5) is 23.6.